The molecule has 0 bridgehead atoms. The lowest BCUT2D eigenvalue weighted by atomic mass is 9.91. The summed E-state index contributed by atoms with van der Waals surface area (Å²) in [5.74, 6) is 0. The van der Waals surface area contributed by atoms with E-state index in [1.165, 1.54) is 5.57 Å². The van der Waals surface area contributed by atoms with E-state index in [-0.39, 0.29) is 0 Å². The number of hydrogen-bond donors (Lipinski definition) is 0. The molecule has 0 atom stereocenters. The number of aromatic nitrogens is 1. The van der Waals surface area contributed by atoms with Gasteiger partial charge in [0.2, 0.25) is 0 Å². The standard InChI is InChI=1S/C20H18ClN4/c1-25-12-8-16(9-13-25)20-18(14-6-10-22-11-7-14)19(23-24-20)15-2-4-17(21)5-3-15/h2-8,10-11H,9,12-13H2,1H3/q+1. The van der Waals surface area contributed by atoms with Crippen LogP contribution in [-0.2, 0) is 0 Å². The van der Waals surface area contributed by atoms with Crippen molar-refractivity contribution in [2.75, 3.05) is 20.1 Å². The van der Waals surface area contributed by atoms with Crippen molar-refractivity contribution in [2.45, 2.75) is 6.42 Å². The average Bonchev–Trinajstić information content (AvgIpc) is 3.09. The van der Waals surface area contributed by atoms with Crippen molar-refractivity contribution in [2.24, 2.45) is 5.11 Å². The molecule has 4 nitrogen and oxygen atoms in total. The quantitative estimate of drug-likeness (QED) is 0.789. The molecule has 0 unspecified atom stereocenters. The molecule has 0 spiro atoms. The Kier molecular flexibility index (Phi) is 4.33. The molecule has 0 amide bonds. The normalized spacial score (nSPS) is 17.7. The number of rotatable bonds is 3. The van der Waals surface area contributed by atoms with Crippen molar-refractivity contribution in [1.29, 1.82) is 0 Å². The van der Waals surface area contributed by atoms with E-state index in [2.05, 4.69) is 32.9 Å². The molecule has 25 heavy (non-hydrogen) atoms. The molecule has 1 aromatic carbocycles. The third-order valence-electron chi connectivity index (χ3n) is 4.53. The predicted octanol–water partition coefficient (Wildman–Crippen LogP) is 3.87. The minimum atomic E-state index is 0.715. The van der Waals surface area contributed by atoms with Crippen molar-refractivity contribution < 1.29 is 4.79 Å². The highest BCUT2D eigenvalue weighted by Crippen LogP contribution is 2.33. The van der Waals surface area contributed by atoms with Gasteiger partial charge in [-0.15, -0.1) is 0 Å². The van der Waals surface area contributed by atoms with Gasteiger partial charge in [0.25, 0.3) is 0 Å². The maximum atomic E-state index is 6.04. The number of pyridine rings is 1. The van der Waals surface area contributed by atoms with Crippen LogP contribution in [0.3, 0.4) is 0 Å². The third kappa shape index (κ3) is 3.20. The van der Waals surface area contributed by atoms with E-state index in [0.717, 1.165) is 47.6 Å². The van der Waals surface area contributed by atoms with Crippen LogP contribution in [0.15, 0.2) is 71.3 Å². The van der Waals surface area contributed by atoms with Gasteiger partial charge >= 0.3 is 5.71 Å². The number of hydrogen-bond acceptors (Lipinski definition) is 3. The third-order valence-corrected chi connectivity index (χ3v) is 4.78. The first-order chi connectivity index (χ1) is 12.2. The molecule has 2 aromatic rings. The second kappa shape index (κ2) is 6.77. The lowest BCUT2D eigenvalue weighted by Gasteiger charge is -2.21. The second-order valence-corrected chi connectivity index (χ2v) is 6.69. The van der Waals surface area contributed by atoms with Gasteiger partial charge < -0.3 is 4.90 Å². The first-order valence-corrected chi connectivity index (χ1v) is 8.68. The van der Waals surface area contributed by atoms with Crippen LogP contribution in [0.25, 0.3) is 5.57 Å². The van der Waals surface area contributed by atoms with Gasteiger partial charge in [-0.05, 0) is 61.0 Å². The first kappa shape index (κ1) is 16.0. The van der Waals surface area contributed by atoms with Crippen molar-refractivity contribution in [1.82, 2.24) is 9.88 Å². The highest BCUT2D eigenvalue weighted by atomic mass is 35.5. The molecular formula is C20H18ClN4+. The molecule has 0 saturated heterocycles. The zero-order chi connectivity index (χ0) is 17.2. The van der Waals surface area contributed by atoms with E-state index in [9.17, 15) is 0 Å². The molecule has 0 radical (unpaired) electrons. The zero-order valence-corrected chi connectivity index (χ0v) is 14.7. The molecule has 1 aromatic heterocycles. The summed E-state index contributed by atoms with van der Waals surface area (Å²) in [5.41, 5.74) is 6.29. The van der Waals surface area contributed by atoms with Crippen molar-refractivity contribution in [3.8, 4) is 0 Å². The Balaban J connectivity index is 1.83. The molecule has 0 aliphatic carbocycles. The van der Waals surface area contributed by atoms with Crippen LogP contribution in [0.2, 0.25) is 5.02 Å². The summed E-state index contributed by atoms with van der Waals surface area (Å²) in [4.78, 5) is 11.0. The van der Waals surface area contributed by atoms with Crippen LogP contribution >= 0.6 is 11.6 Å². The zero-order valence-electron chi connectivity index (χ0n) is 14.0. The van der Waals surface area contributed by atoms with Crippen molar-refractivity contribution in [3.63, 3.8) is 0 Å². The average molecular weight is 350 g/mol. The lowest BCUT2D eigenvalue weighted by molar-refractivity contribution is -0.0738. The summed E-state index contributed by atoms with van der Waals surface area (Å²) in [7, 11) is 2.13. The lowest BCUT2D eigenvalue weighted by Crippen LogP contribution is -2.24. The SMILES string of the molecule is CN1CC=C(C2=C(c3ccncc3)C(c3ccc(Cl)cc3)=[N+]=N2)CC1. The van der Waals surface area contributed by atoms with Gasteiger partial charge in [0.15, 0.2) is 5.70 Å². The van der Waals surface area contributed by atoms with E-state index >= 15 is 0 Å². The largest absolute Gasteiger partial charge is 0.382 e. The fourth-order valence-corrected chi connectivity index (χ4v) is 3.25. The van der Waals surface area contributed by atoms with Crippen molar-refractivity contribution in [3.05, 3.63) is 82.3 Å². The van der Waals surface area contributed by atoms with Crippen LogP contribution in [0.4, 0.5) is 0 Å². The summed E-state index contributed by atoms with van der Waals surface area (Å²) in [6.07, 6.45) is 6.85. The fraction of sp³-hybridized carbons (Fsp3) is 0.200. The highest BCUT2D eigenvalue weighted by molar-refractivity contribution is 6.32. The van der Waals surface area contributed by atoms with Gasteiger partial charge in [0, 0.05) is 30.5 Å². The van der Waals surface area contributed by atoms with Crippen LogP contribution in [-0.4, -0.2) is 40.5 Å². The summed E-state index contributed by atoms with van der Waals surface area (Å²) in [5, 5.41) is 5.26. The van der Waals surface area contributed by atoms with Gasteiger partial charge in [0.1, 0.15) is 10.7 Å². The van der Waals surface area contributed by atoms with E-state index in [1.807, 2.05) is 36.4 Å². The Bertz CT molecular complexity index is 920. The molecule has 124 valence electrons. The monoisotopic (exact) mass is 349 g/mol. The molecule has 0 fully saturated rings. The topological polar surface area (TPSA) is 42.6 Å². The predicted molar refractivity (Wildman–Crippen MR) is 99.6 cm³/mol. The Morgan fingerprint density at radius 3 is 2.48 bits per heavy atom. The van der Waals surface area contributed by atoms with E-state index < -0.39 is 0 Å². The number of likely N-dealkylation sites (N-methyl/N-ethyl adjacent to an activating group) is 1. The molecule has 0 saturated carbocycles. The van der Waals surface area contributed by atoms with Crippen LogP contribution in [0.5, 0.6) is 0 Å². The molecule has 2 aliphatic rings. The Morgan fingerprint density at radius 1 is 1.04 bits per heavy atom. The number of halogens is 1. The summed E-state index contributed by atoms with van der Waals surface area (Å²) >= 11 is 6.04. The Hall–Kier alpha value is -2.52. The maximum absolute atomic E-state index is 6.04. The summed E-state index contributed by atoms with van der Waals surface area (Å²) < 4.78 is 0. The van der Waals surface area contributed by atoms with Crippen LogP contribution < -0.4 is 0 Å². The number of allylic oxidation sites excluding steroid dienone is 2. The van der Waals surface area contributed by atoms with Gasteiger partial charge in [-0.25, -0.2) is 0 Å². The van der Waals surface area contributed by atoms with Crippen molar-refractivity contribution >= 4 is 22.9 Å². The van der Waals surface area contributed by atoms with E-state index in [0.29, 0.717) is 5.02 Å². The molecule has 4 rings (SSSR count). The molecule has 0 N–H and O–H groups in total. The molecular weight excluding hydrogens is 332 g/mol. The maximum Gasteiger partial charge on any atom is 0.382 e. The van der Waals surface area contributed by atoms with Gasteiger partial charge in [0.05, 0.1) is 10.4 Å². The first-order valence-electron chi connectivity index (χ1n) is 8.30. The molecule has 3 heterocycles. The molecule has 5 heteroatoms. The minimum absolute atomic E-state index is 0.715. The summed E-state index contributed by atoms with van der Waals surface area (Å²) in [6.45, 7) is 1.97. The fourth-order valence-electron chi connectivity index (χ4n) is 3.12. The van der Waals surface area contributed by atoms with Crippen LogP contribution in [0.1, 0.15) is 17.5 Å². The van der Waals surface area contributed by atoms with Crippen LogP contribution in [0, 0.1) is 0 Å². The van der Waals surface area contributed by atoms with Gasteiger partial charge in [-0.3, -0.25) is 4.98 Å². The van der Waals surface area contributed by atoms with Gasteiger partial charge in [-0.1, -0.05) is 17.7 Å². The summed E-state index contributed by atoms with van der Waals surface area (Å²) in [6, 6.07) is 11.8. The highest BCUT2D eigenvalue weighted by Gasteiger charge is 2.34. The molecule has 2 aliphatic heterocycles. The minimum Gasteiger partial charge on any atom is -0.302 e. The van der Waals surface area contributed by atoms with Gasteiger partial charge in [-0.2, -0.15) is 0 Å². The second-order valence-electron chi connectivity index (χ2n) is 6.26. The number of nitrogens with zero attached hydrogens (tertiary/aromatic N) is 4. The smallest absolute Gasteiger partial charge is 0.302 e. The van der Waals surface area contributed by atoms with E-state index in [1.54, 1.807) is 12.4 Å². The Morgan fingerprint density at radius 2 is 1.80 bits per heavy atom. The Labute approximate surface area is 151 Å². The van der Waals surface area contributed by atoms with E-state index in [4.69, 9.17) is 11.6 Å². The number of benzene rings is 1.